The largest absolute Gasteiger partial charge is 0.326 e. The Morgan fingerprint density at radius 2 is 1.62 bits per heavy atom. The first-order chi connectivity index (χ1) is 17.4. The zero-order valence-electron chi connectivity index (χ0n) is 19.3. The molecule has 2 amide bonds. The fourth-order valence-corrected chi connectivity index (χ4v) is 4.98. The van der Waals surface area contributed by atoms with Crippen LogP contribution < -0.4 is 16.2 Å². The highest BCUT2D eigenvalue weighted by molar-refractivity contribution is 7.88. The molecule has 4 rings (SSSR count). The molecule has 2 heterocycles. The molecule has 0 spiro atoms. The van der Waals surface area contributed by atoms with Crippen LogP contribution in [0.15, 0.2) is 65.6 Å². The molecule has 0 aliphatic carbocycles. The van der Waals surface area contributed by atoms with Gasteiger partial charge in [0.1, 0.15) is 11.6 Å². The lowest BCUT2D eigenvalue weighted by molar-refractivity contribution is -0.127. The number of benzene rings is 2. The Balaban J connectivity index is 1.56. The first kappa shape index (κ1) is 26.5. The van der Waals surface area contributed by atoms with Crippen molar-refractivity contribution in [3.8, 4) is 5.69 Å². The molecule has 2 atom stereocenters. The van der Waals surface area contributed by atoms with Gasteiger partial charge in [0.05, 0.1) is 34.5 Å². The molecule has 1 aromatic heterocycles. The first-order valence-electron chi connectivity index (χ1n) is 10.9. The molecule has 0 radical (unpaired) electrons. The highest BCUT2D eigenvalue weighted by atomic mass is 35.5. The van der Waals surface area contributed by atoms with Crippen molar-refractivity contribution in [2.45, 2.75) is 0 Å². The van der Waals surface area contributed by atoms with Gasteiger partial charge in [-0.05, 0) is 36.4 Å². The van der Waals surface area contributed by atoms with Crippen LogP contribution in [0.3, 0.4) is 0 Å². The summed E-state index contributed by atoms with van der Waals surface area (Å²) < 4.78 is 55.1. The number of sulfonamides is 1. The minimum atomic E-state index is -3.75. The van der Waals surface area contributed by atoms with Crippen molar-refractivity contribution in [1.82, 2.24) is 8.87 Å². The molecule has 1 aliphatic heterocycles. The molecule has 3 aromatic rings. The van der Waals surface area contributed by atoms with E-state index in [1.807, 2.05) is 0 Å². The van der Waals surface area contributed by atoms with Gasteiger partial charge in [0, 0.05) is 37.1 Å². The van der Waals surface area contributed by atoms with Crippen LogP contribution in [0.5, 0.6) is 0 Å². The molecule has 194 valence electrons. The van der Waals surface area contributed by atoms with Crippen LogP contribution >= 0.6 is 11.6 Å². The molecule has 9 nitrogen and oxygen atoms in total. The number of carbonyl (C=O) groups excluding carboxylic acids is 2. The quantitative estimate of drug-likeness (QED) is 0.489. The van der Waals surface area contributed by atoms with E-state index in [0.717, 1.165) is 22.7 Å². The van der Waals surface area contributed by atoms with Crippen molar-refractivity contribution in [1.29, 1.82) is 0 Å². The van der Waals surface area contributed by atoms with Crippen LogP contribution in [0, 0.1) is 23.5 Å². The highest BCUT2D eigenvalue weighted by Crippen LogP contribution is 2.29. The number of anilines is 2. The van der Waals surface area contributed by atoms with Crippen molar-refractivity contribution in [2.24, 2.45) is 11.8 Å². The average Bonchev–Trinajstić information content (AvgIpc) is 3.30. The number of aromatic nitrogens is 1. The second-order valence-corrected chi connectivity index (χ2v) is 10.9. The fourth-order valence-electron chi connectivity index (χ4n) is 4.00. The monoisotopic (exact) mass is 550 g/mol. The Morgan fingerprint density at radius 3 is 2.22 bits per heavy atom. The van der Waals surface area contributed by atoms with Gasteiger partial charge in [0.2, 0.25) is 21.8 Å². The van der Waals surface area contributed by atoms with E-state index in [4.69, 9.17) is 11.6 Å². The number of carbonyl (C=O) groups is 2. The summed E-state index contributed by atoms with van der Waals surface area (Å²) in [7, 11) is -3.75. The van der Waals surface area contributed by atoms with Crippen molar-refractivity contribution in [3.63, 3.8) is 0 Å². The second-order valence-electron chi connectivity index (χ2n) is 8.47. The summed E-state index contributed by atoms with van der Waals surface area (Å²) in [5.41, 5.74) is -0.284. The van der Waals surface area contributed by atoms with Crippen molar-refractivity contribution < 1.29 is 26.8 Å². The van der Waals surface area contributed by atoms with Gasteiger partial charge in [-0.15, -0.1) is 0 Å². The number of pyridine rings is 1. The normalized spacial score (nSPS) is 17.9. The second kappa shape index (κ2) is 10.4. The van der Waals surface area contributed by atoms with Crippen LogP contribution in [-0.2, 0) is 19.6 Å². The number of hydrogen-bond acceptors (Lipinski definition) is 5. The Bertz CT molecular complexity index is 1550. The minimum absolute atomic E-state index is 0.0710. The zero-order valence-corrected chi connectivity index (χ0v) is 20.9. The van der Waals surface area contributed by atoms with E-state index < -0.39 is 45.3 Å². The molecule has 0 unspecified atom stereocenters. The highest BCUT2D eigenvalue weighted by Gasteiger charge is 2.45. The molecule has 0 saturated carbocycles. The summed E-state index contributed by atoms with van der Waals surface area (Å²) in [6, 6.07) is 11.8. The van der Waals surface area contributed by atoms with Gasteiger partial charge in [-0.25, -0.2) is 21.5 Å². The molecule has 37 heavy (non-hydrogen) atoms. The van der Waals surface area contributed by atoms with Crippen LogP contribution in [-0.4, -0.2) is 48.4 Å². The van der Waals surface area contributed by atoms with Gasteiger partial charge in [0.25, 0.3) is 5.56 Å². The number of amides is 2. The molecular formula is C24H21ClF2N4O5S. The van der Waals surface area contributed by atoms with Gasteiger partial charge in [-0.2, -0.15) is 0 Å². The summed E-state index contributed by atoms with van der Waals surface area (Å²) in [6.07, 6.45) is 2.41. The van der Waals surface area contributed by atoms with Crippen LogP contribution in [0.2, 0.25) is 5.02 Å². The Hall–Kier alpha value is -3.61. The summed E-state index contributed by atoms with van der Waals surface area (Å²) in [5.74, 6) is -5.40. The van der Waals surface area contributed by atoms with Crippen LogP contribution in [0.25, 0.3) is 5.69 Å². The van der Waals surface area contributed by atoms with E-state index in [-0.39, 0.29) is 40.7 Å². The minimum Gasteiger partial charge on any atom is -0.326 e. The maximum atomic E-state index is 14.8. The smallest absolute Gasteiger partial charge is 0.255 e. The molecule has 1 saturated heterocycles. The molecule has 1 fully saturated rings. The topological polar surface area (TPSA) is 118 Å². The number of hydrogen-bond donors (Lipinski definition) is 2. The van der Waals surface area contributed by atoms with E-state index in [1.165, 1.54) is 41.1 Å². The third-order valence-corrected chi connectivity index (χ3v) is 7.47. The summed E-state index contributed by atoms with van der Waals surface area (Å²) in [4.78, 5) is 38.1. The van der Waals surface area contributed by atoms with Crippen molar-refractivity contribution in [2.75, 3.05) is 30.0 Å². The number of nitrogens with zero attached hydrogens (tertiary/aromatic N) is 2. The SMILES string of the molecule is CS(=O)(=O)N1C[C@H](C(=O)Nc2ccc(Cl)c(F)c2)[C@@H](C(=O)Nc2ccc(-n3ccccc3=O)cc2F)C1. The van der Waals surface area contributed by atoms with E-state index in [9.17, 15) is 31.6 Å². The van der Waals surface area contributed by atoms with Gasteiger partial charge in [-0.1, -0.05) is 17.7 Å². The third kappa shape index (κ3) is 5.87. The van der Waals surface area contributed by atoms with Crippen LogP contribution in [0.4, 0.5) is 20.2 Å². The first-order valence-corrected chi connectivity index (χ1v) is 13.2. The van der Waals surface area contributed by atoms with Crippen molar-refractivity contribution in [3.05, 3.63) is 87.8 Å². The molecular weight excluding hydrogens is 530 g/mol. The van der Waals surface area contributed by atoms with Gasteiger partial charge < -0.3 is 10.6 Å². The van der Waals surface area contributed by atoms with E-state index >= 15 is 0 Å². The van der Waals surface area contributed by atoms with E-state index in [1.54, 1.807) is 12.1 Å². The fraction of sp³-hybridized carbons (Fsp3) is 0.208. The Kier molecular flexibility index (Phi) is 7.44. The number of halogens is 3. The van der Waals surface area contributed by atoms with Crippen LogP contribution in [0.1, 0.15) is 0 Å². The number of rotatable bonds is 6. The molecule has 13 heteroatoms. The Morgan fingerprint density at radius 1 is 0.946 bits per heavy atom. The molecule has 2 aromatic carbocycles. The molecule has 0 bridgehead atoms. The summed E-state index contributed by atoms with van der Waals surface area (Å²) >= 11 is 5.66. The van der Waals surface area contributed by atoms with Gasteiger partial charge >= 0.3 is 0 Å². The zero-order chi connectivity index (χ0) is 26.9. The van der Waals surface area contributed by atoms with E-state index in [2.05, 4.69) is 10.6 Å². The molecule has 1 aliphatic rings. The maximum absolute atomic E-state index is 14.8. The predicted molar refractivity (Wildman–Crippen MR) is 134 cm³/mol. The lowest BCUT2D eigenvalue weighted by Gasteiger charge is -2.18. The Labute approximate surface area is 215 Å². The number of nitrogens with one attached hydrogen (secondary N) is 2. The maximum Gasteiger partial charge on any atom is 0.255 e. The molecule has 2 N–H and O–H groups in total. The van der Waals surface area contributed by atoms with Gasteiger partial charge in [-0.3, -0.25) is 19.0 Å². The lowest BCUT2D eigenvalue weighted by atomic mass is 9.94. The summed E-state index contributed by atoms with van der Waals surface area (Å²) in [5, 5.41) is 4.72. The standard InChI is InChI=1S/C24H21ClF2N4O5S/c1-37(35,36)30-12-16(23(33)28-14-5-7-18(25)19(26)10-14)17(13-30)24(34)29-21-8-6-15(11-20(21)27)31-9-3-2-4-22(31)32/h2-11,16-17H,12-13H2,1H3,(H,28,33)(H,29,34)/t16-,17-/m0/s1. The average molecular weight is 551 g/mol. The van der Waals surface area contributed by atoms with Gasteiger partial charge in [0.15, 0.2) is 0 Å². The van der Waals surface area contributed by atoms with E-state index in [0.29, 0.717) is 0 Å². The lowest BCUT2D eigenvalue weighted by Crippen LogP contribution is -2.36. The third-order valence-electron chi connectivity index (χ3n) is 5.93. The summed E-state index contributed by atoms with van der Waals surface area (Å²) in [6.45, 7) is -0.603. The van der Waals surface area contributed by atoms with Crippen molar-refractivity contribution >= 4 is 44.8 Å². The predicted octanol–water partition coefficient (Wildman–Crippen LogP) is 2.85.